The molecule has 1 aromatic carbocycles. The topological polar surface area (TPSA) is 46.6 Å². The van der Waals surface area contributed by atoms with Crippen molar-refractivity contribution in [1.82, 2.24) is 0 Å². The third kappa shape index (κ3) is 2.22. The van der Waals surface area contributed by atoms with Gasteiger partial charge in [-0.2, -0.15) is 12.6 Å². The smallest absolute Gasteiger partial charge is 0.339 e. The van der Waals surface area contributed by atoms with Crippen molar-refractivity contribution in [1.29, 1.82) is 0 Å². The van der Waals surface area contributed by atoms with E-state index in [4.69, 9.17) is 4.74 Å². The van der Waals surface area contributed by atoms with Crippen LogP contribution >= 0.6 is 12.6 Å². The Balaban J connectivity index is 2.49. The number of esters is 1. The van der Waals surface area contributed by atoms with Gasteiger partial charge < -0.3 is 9.64 Å². The number of benzene rings is 1. The number of hydrogen-bond acceptors (Lipinski definition) is 4. The molecule has 1 atom stereocenters. The van der Waals surface area contributed by atoms with Gasteiger partial charge in [-0.3, -0.25) is 4.79 Å². The van der Waals surface area contributed by atoms with Gasteiger partial charge in [0.2, 0.25) is 5.91 Å². The van der Waals surface area contributed by atoms with E-state index in [0.29, 0.717) is 24.2 Å². The molecule has 1 fully saturated rings. The highest BCUT2D eigenvalue weighted by molar-refractivity contribution is 7.81. The maximum Gasteiger partial charge on any atom is 0.339 e. The van der Waals surface area contributed by atoms with Gasteiger partial charge in [0.15, 0.2) is 0 Å². The fraction of sp³-hybridized carbons (Fsp3) is 0.385. The zero-order chi connectivity index (χ0) is 13.3. The fourth-order valence-electron chi connectivity index (χ4n) is 2.20. The summed E-state index contributed by atoms with van der Waals surface area (Å²) in [4.78, 5) is 25.3. The van der Waals surface area contributed by atoms with Gasteiger partial charge in [0.05, 0.1) is 18.4 Å². The summed E-state index contributed by atoms with van der Waals surface area (Å²) < 4.78 is 4.76. The molecule has 2 rings (SSSR count). The van der Waals surface area contributed by atoms with Gasteiger partial charge in [-0.1, -0.05) is 12.1 Å². The second-order valence-electron chi connectivity index (χ2n) is 4.32. The number of methoxy groups -OCH3 is 1. The van der Waals surface area contributed by atoms with Crippen molar-refractivity contribution in [2.75, 3.05) is 18.6 Å². The summed E-state index contributed by atoms with van der Waals surface area (Å²) in [5.41, 5.74) is 1.95. The van der Waals surface area contributed by atoms with E-state index in [1.807, 2.05) is 13.0 Å². The van der Waals surface area contributed by atoms with Crippen molar-refractivity contribution in [3.8, 4) is 0 Å². The van der Waals surface area contributed by atoms with Crippen LogP contribution in [0, 0.1) is 6.92 Å². The Morgan fingerprint density at radius 3 is 2.78 bits per heavy atom. The molecule has 18 heavy (non-hydrogen) atoms. The number of aryl methyl sites for hydroxylation is 1. The molecule has 0 saturated carbocycles. The first-order valence-electron chi connectivity index (χ1n) is 5.71. The molecule has 0 bridgehead atoms. The Morgan fingerprint density at radius 2 is 2.22 bits per heavy atom. The summed E-state index contributed by atoms with van der Waals surface area (Å²) in [6.45, 7) is 2.40. The van der Waals surface area contributed by atoms with Crippen molar-refractivity contribution in [3.63, 3.8) is 0 Å². The minimum atomic E-state index is -0.427. The van der Waals surface area contributed by atoms with Gasteiger partial charge in [0.25, 0.3) is 0 Å². The number of hydrogen-bond donors (Lipinski definition) is 1. The summed E-state index contributed by atoms with van der Waals surface area (Å²) in [5.74, 6) is -0.432. The first kappa shape index (κ1) is 13.0. The lowest BCUT2D eigenvalue weighted by Crippen LogP contribution is -2.27. The maximum atomic E-state index is 11.9. The molecule has 0 N–H and O–H groups in total. The Hall–Kier alpha value is -1.49. The number of carbonyl (C=O) groups is 2. The van der Waals surface area contributed by atoms with Gasteiger partial charge in [-0.15, -0.1) is 0 Å². The molecule has 1 aromatic rings. The van der Waals surface area contributed by atoms with Crippen LogP contribution in [0.15, 0.2) is 18.2 Å². The molecule has 0 radical (unpaired) electrons. The van der Waals surface area contributed by atoms with Crippen LogP contribution in [0.25, 0.3) is 0 Å². The third-order valence-electron chi connectivity index (χ3n) is 3.02. The largest absolute Gasteiger partial charge is 0.465 e. The van der Waals surface area contributed by atoms with E-state index in [1.54, 1.807) is 17.0 Å². The maximum absolute atomic E-state index is 11.9. The summed E-state index contributed by atoms with van der Waals surface area (Å²) >= 11 is 4.33. The molecule has 1 saturated heterocycles. The van der Waals surface area contributed by atoms with Crippen LogP contribution in [-0.4, -0.2) is 30.8 Å². The zero-order valence-electron chi connectivity index (χ0n) is 10.3. The van der Waals surface area contributed by atoms with Crippen molar-refractivity contribution in [2.24, 2.45) is 0 Å². The molecular weight excluding hydrogens is 250 g/mol. The van der Waals surface area contributed by atoms with E-state index >= 15 is 0 Å². The molecule has 0 spiro atoms. The van der Waals surface area contributed by atoms with Crippen LogP contribution in [0.1, 0.15) is 22.3 Å². The second kappa shape index (κ2) is 5.02. The van der Waals surface area contributed by atoms with Crippen LogP contribution in [0.4, 0.5) is 5.69 Å². The van der Waals surface area contributed by atoms with Gasteiger partial charge in [0.1, 0.15) is 0 Å². The van der Waals surface area contributed by atoms with E-state index in [0.717, 1.165) is 5.56 Å². The molecule has 1 aliphatic rings. The predicted octanol–water partition coefficient (Wildman–Crippen LogP) is 1.82. The molecule has 4 nitrogen and oxygen atoms in total. The van der Waals surface area contributed by atoms with Crippen LogP contribution in [0.3, 0.4) is 0 Å². The number of ether oxygens (including phenoxy) is 1. The van der Waals surface area contributed by atoms with Gasteiger partial charge >= 0.3 is 5.97 Å². The van der Waals surface area contributed by atoms with Crippen LogP contribution in [-0.2, 0) is 9.53 Å². The van der Waals surface area contributed by atoms with E-state index in [1.165, 1.54) is 7.11 Å². The van der Waals surface area contributed by atoms with Crippen LogP contribution in [0.5, 0.6) is 0 Å². The van der Waals surface area contributed by atoms with E-state index in [2.05, 4.69) is 12.6 Å². The number of nitrogens with zero attached hydrogens (tertiary/aromatic N) is 1. The van der Waals surface area contributed by atoms with Crippen molar-refractivity contribution in [2.45, 2.75) is 18.6 Å². The molecular formula is C13H15NO3S. The van der Waals surface area contributed by atoms with Crippen LogP contribution < -0.4 is 4.90 Å². The minimum absolute atomic E-state index is 0.00514. The normalized spacial score (nSPS) is 19.2. The number of carbonyl (C=O) groups excluding carboxylic acids is 2. The number of amides is 1. The standard InChI is InChI=1S/C13H15NO3S/c1-8-4-3-5-10(13(16)17-2)12(8)14-7-9(18)6-11(14)15/h3-5,9,18H,6-7H2,1-2H3. The molecule has 1 unspecified atom stereocenters. The number of anilines is 1. The third-order valence-corrected chi connectivity index (χ3v) is 3.36. The van der Waals surface area contributed by atoms with E-state index in [-0.39, 0.29) is 11.2 Å². The molecule has 0 aromatic heterocycles. The van der Waals surface area contributed by atoms with E-state index in [9.17, 15) is 9.59 Å². The van der Waals surface area contributed by atoms with Gasteiger partial charge in [-0.25, -0.2) is 4.79 Å². The summed E-state index contributed by atoms with van der Waals surface area (Å²) in [5, 5.41) is 0.0163. The lowest BCUT2D eigenvalue weighted by atomic mass is 10.1. The summed E-state index contributed by atoms with van der Waals surface area (Å²) in [6, 6.07) is 5.33. The summed E-state index contributed by atoms with van der Waals surface area (Å²) in [7, 11) is 1.33. The first-order chi connectivity index (χ1) is 8.54. The highest BCUT2D eigenvalue weighted by Gasteiger charge is 2.31. The average molecular weight is 265 g/mol. The van der Waals surface area contributed by atoms with Crippen molar-refractivity contribution >= 4 is 30.2 Å². The zero-order valence-corrected chi connectivity index (χ0v) is 11.2. The van der Waals surface area contributed by atoms with Gasteiger partial charge in [0, 0.05) is 18.2 Å². The van der Waals surface area contributed by atoms with Crippen molar-refractivity contribution < 1.29 is 14.3 Å². The van der Waals surface area contributed by atoms with E-state index < -0.39 is 5.97 Å². The molecule has 1 heterocycles. The Bertz CT molecular complexity index is 501. The number of rotatable bonds is 2. The first-order valence-corrected chi connectivity index (χ1v) is 6.22. The SMILES string of the molecule is COC(=O)c1cccc(C)c1N1CC(S)CC1=O. The predicted molar refractivity (Wildman–Crippen MR) is 72.3 cm³/mol. The molecule has 1 aliphatic heterocycles. The van der Waals surface area contributed by atoms with Crippen molar-refractivity contribution in [3.05, 3.63) is 29.3 Å². The number of para-hydroxylation sites is 1. The van der Waals surface area contributed by atoms with Gasteiger partial charge in [-0.05, 0) is 18.6 Å². The minimum Gasteiger partial charge on any atom is -0.465 e. The average Bonchev–Trinajstić information content (AvgIpc) is 2.67. The lowest BCUT2D eigenvalue weighted by Gasteiger charge is -2.21. The molecule has 96 valence electrons. The molecule has 1 amide bonds. The Morgan fingerprint density at radius 1 is 1.50 bits per heavy atom. The monoisotopic (exact) mass is 265 g/mol. The lowest BCUT2D eigenvalue weighted by molar-refractivity contribution is -0.117. The van der Waals surface area contributed by atoms with Crippen LogP contribution in [0.2, 0.25) is 0 Å². The fourth-order valence-corrected chi connectivity index (χ4v) is 2.52. The quantitative estimate of drug-likeness (QED) is 0.655. The Labute approximate surface area is 111 Å². The highest BCUT2D eigenvalue weighted by atomic mass is 32.1. The highest BCUT2D eigenvalue weighted by Crippen LogP contribution is 2.30. The molecule has 5 heteroatoms. The summed E-state index contributed by atoms with van der Waals surface area (Å²) in [6.07, 6.45) is 0.401. The second-order valence-corrected chi connectivity index (χ2v) is 5.06. The molecule has 0 aliphatic carbocycles. The number of thiol groups is 1. The Kier molecular flexibility index (Phi) is 3.61.